The van der Waals surface area contributed by atoms with Crippen LogP contribution in [0.25, 0.3) is 0 Å². The molecule has 2 atom stereocenters. The van der Waals surface area contributed by atoms with Gasteiger partial charge in [0.15, 0.2) is 0 Å². The lowest BCUT2D eigenvalue weighted by atomic mass is 9.83. The zero-order chi connectivity index (χ0) is 25.4. The van der Waals surface area contributed by atoms with E-state index in [9.17, 15) is 14.4 Å². The van der Waals surface area contributed by atoms with Gasteiger partial charge in [0, 0.05) is 12.6 Å². The van der Waals surface area contributed by atoms with Gasteiger partial charge in [-0.3, -0.25) is 14.5 Å². The van der Waals surface area contributed by atoms with E-state index in [1.807, 2.05) is 67.5 Å². The van der Waals surface area contributed by atoms with Gasteiger partial charge in [-0.2, -0.15) is 0 Å². The van der Waals surface area contributed by atoms with Crippen molar-refractivity contribution in [2.45, 2.75) is 92.8 Å². The second-order valence-electron chi connectivity index (χ2n) is 10.2. The summed E-state index contributed by atoms with van der Waals surface area (Å²) in [5.41, 5.74) is -0.715. The molecule has 0 aromatic rings. The van der Waals surface area contributed by atoms with Crippen LogP contribution in [0.4, 0.5) is 0 Å². The molecule has 0 saturated carbocycles. The van der Waals surface area contributed by atoms with Crippen molar-refractivity contribution in [2.24, 2.45) is 11.3 Å². The highest BCUT2D eigenvalue weighted by molar-refractivity contribution is 5.93. The molecule has 0 saturated heterocycles. The average molecular weight is 454 g/mol. The molecule has 0 bridgehead atoms. The Morgan fingerprint density at radius 2 is 1.50 bits per heavy atom. The maximum Gasteiger partial charge on any atom is 0.333 e. The summed E-state index contributed by atoms with van der Waals surface area (Å²) in [6.07, 6.45) is 3.06. The first-order valence-electron chi connectivity index (χ1n) is 11.7. The maximum absolute atomic E-state index is 13.7. The molecule has 32 heavy (non-hydrogen) atoms. The van der Waals surface area contributed by atoms with Crippen molar-refractivity contribution < 1.29 is 19.1 Å². The quantitative estimate of drug-likeness (QED) is 0.382. The number of likely N-dealkylation sites (N-methyl/N-ethyl adjacent to an activating group) is 2. The Morgan fingerprint density at radius 1 is 1.00 bits per heavy atom. The third-order valence-electron chi connectivity index (χ3n) is 6.33. The van der Waals surface area contributed by atoms with Crippen LogP contribution in [0.15, 0.2) is 11.6 Å². The van der Waals surface area contributed by atoms with Gasteiger partial charge in [0.25, 0.3) is 0 Å². The summed E-state index contributed by atoms with van der Waals surface area (Å²) in [7, 11) is 5.51. The number of nitrogens with zero attached hydrogens (tertiary/aromatic N) is 2. The van der Waals surface area contributed by atoms with Gasteiger partial charge in [-0.25, -0.2) is 4.79 Å². The molecule has 0 aromatic heterocycles. The largest absolute Gasteiger partial charge is 0.463 e. The van der Waals surface area contributed by atoms with Gasteiger partial charge in [0.05, 0.1) is 18.2 Å². The van der Waals surface area contributed by atoms with Gasteiger partial charge in [0.2, 0.25) is 11.8 Å². The first-order valence-corrected chi connectivity index (χ1v) is 11.7. The van der Waals surface area contributed by atoms with Gasteiger partial charge >= 0.3 is 5.97 Å². The highest BCUT2D eigenvalue weighted by atomic mass is 16.5. The van der Waals surface area contributed by atoms with E-state index in [1.54, 1.807) is 31.9 Å². The number of hydrogen-bond acceptors (Lipinski definition) is 5. The average Bonchev–Trinajstić information content (AvgIpc) is 2.69. The minimum absolute atomic E-state index is 0.0665. The van der Waals surface area contributed by atoms with E-state index in [1.165, 1.54) is 0 Å². The van der Waals surface area contributed by atoms with Crippen LogP contribution in [0.5, 0.6) is 0 Å². The normalized spacial score (nSPS) is 14.9. The second-order valence-corrected chi connectivity index (χ2v) is 10.2. The number of carbonyl (C=O) groups excluding carboxylic acids is 3. The van der Waals surface area contributed by atoms with E-state index in [0.29, 0.717) is 25.0 Å². The minimum atomic E-state index is -0.713. The molecule has 1 N–H and O–H groups in total. The molecule has 0 aliphatic carbocycles. The topological polar surface area (TPSA) is 79.0 Å². The molecule has 0 aliphatic heterocycles. The SMILES string of the molecule is CCOC(=O)C(C)=C[C@H](C(C)C)N(C)C(=O)[C@@H](NC(=O)C(CC)(CC)N(C)C)C(C)(C)C. The zero-order valence-electron chi connectivity index (χ0n) is 22.5. The van der Waals surface area contributed by atoms with Gasteiger partial charge < -0.3 is 15.0 Å². The Kier molecular flexibility index (Phi) is 11.6. The summed E-state index contributed by atoms with van der Waals surface area (Å²) >= 11 is 0. The van der Waals surface area contributed by atoms with Crippen molar-refractivity contribution in [3.05, 3.63) is 11.6 Å². The third kappa shape index (κ3) is 7.32. The highest BCUT2D eigenvalue weighted by Gasteiger charge is 2.43. The number of carbonyl (C=O) groups is 3. The van der Waals surface area contributed by atoms with E-state index in [-0.39, 0.29) is 29.7 Å². The molecule has 0 heterocycles. The Labute approximate surface area is 195 Å². The van der Waals surface area contributed by atoms with Crippen molar-refractivity contribution in [2.75, 3.05) is 27.7 Å². The molecule has 0 radical (unpaired) electrons. The highest BCUT2D eigenvalue weighted by Crippen LogP contribution is 2.27. The first-order chi connectivity index (χ1) is 14.6. The van der Waals surface area contributed by atoms with Crippen LogP contribution < -0.4 is 5.32 Å². The fraction of sp³-hybridized carbons (Fsp3) is 0.800. The van der Waals surface area contributed by atoms with E-state index < -0.39 is 17.0 Å². The van der Waals surface area contributed by atoms with E-state index in [4.69, 9.17) is 4.74 Å². The number of amides is 2. The molecule has 0 unspecified atom stereocenters. The predicted octanol–water partition coefficient (Wildman–Crippen LogP) is 3.63. The van der Waals surface area contributed by atoms with Crippen LogP contribution in [0.1, 0.15) is 75.2 Å². The number of nitrogens with one attached hydrogen (secondary N) is 1. The van der Waals surface area contributed by atoms with E-state index in [0.717, 1.165) is 0 Å². The van der Waals surface area contributed by atoms with Crippen LogP contribution in [-0.2, 0) is 19.1 Å². The van der Waals surface area contributed by atoms with Gasteiger partial charge in [-0.05, 0) is 52.1 Å². The van der Waals surface area contributed by atoms with Crippen LogP contribution in [0, 0.1) is 11.3 Å². The number of hydrogen-bond donors (Lipinski definition) is 1. The summed E-state index contributed by atoms with van der Waals surface area (Å²) in [5.74, 6) is -0.649. The Morgan fingerprint density at radius 3 is 1.84 bits per heavy atom. The molecule has 0 aromatic carbocycles. The number of esters is 1. The monoisotopic (exact) mass is 453 g/mol. The first kappa shape index (κ1) is 30.1. The summed E-state index contributed by atoms with van der Waals surface area (Å²) in [6.45, 7) is 17.6. The summed E-state index contributed by atoms with van der Waals surface area (Å²) in [5, 5.41) is 3.07. The lowest BCUT2D eigenvalue weighted by molar-refractivity contribution is -0.143. The maximum atomic E-state index is 13.7. The van der Waals surface area contributed by atoms with Crippen molar-refractivity contribution in [1.29, 1.82) is 0 Å². The molecular weight excluding hydrogens is 406 g/mol. The van der Waals surface area contributed by atoms with E-state index >= 15 is 0 Å². The van der Waals surface area contributed by atoms with Crippen LogP contribution in [0.3, 0.4) is 0 Å². The summed E-state index contributed by atoms with van der Waals surface area (Å²) in [4.78, 5) is 42.8. The number of rotatable bonds is 11. The summed E-state index contributed by atoms with van der Waals surface area (Å²) < 4.78 is 5.09. The fourth-order valence-corrected chi connectivity index (χ4v) is 3.99. The molecule has 0 aliphatic rings. The minimum Gasteiger partial charge on any atom is -0.463 e. The fourth-order valence-electron chi connectivity index (χ4n) is 3.99. The van der Waals surface area contributed by atoms with Crippen LogP contribution in [0.2, 0.25) is 0 Å². The molecule has 0 rings (SSSR count). The van der Waals surface area contributed by atoms with Crippen LogP contribution in [-0.4, -0.2) is 73.0 Å². The van der Waals surface area contributed by atoms with Gasteiger partial charge in [0.1, 0.15) is 6.04 Å². The number of ether oxygens (including phenoxy) is 1. The van der Waals surface area contributed by atoms with Crippen molar-refractivity contribution in [1.82, 2.24) is 15.1 Å². The lowest BCUT2D eigenvalue weighted by Crippen LogP contribution is -2.63. The smallest absolute Gasteiger partial charge is 0.333 e. The third-order valence-corrected chi connectivity index (χ3v) is 6.33. The van der Waals surface area contributed by atoms with E-state index in [2.05, 4.69) is 5.32 Å². The van der Waals surface area contributed by atoms with Gasteiger partial charge in [-0.1, -0.05) is 54.5 Å². The Bertz CT molecular complexity index is 673. The summed E-state index contributed by atoms with van der Waals surface area (Å²) in [6, 6.07) is -1.03. The molecule has 186 valence electrons. The van der Waals surface area contributed by atoms with Crippen molar-refractivity contribution >= 4 is 17.8 Å². The second kappa shape index (κ2) is 12.4. The standard InChI is InChI=1S/C25H47N3O4/c1-13-25(14-2,27(10)11)23(31)26-20(24(7,8)9)21(29)28(12)19(17(4)5)16-18(6)22(30)32-15-3/h16-17,19-20H,13-15H2,1-12H3,(H,26,31)/t19-,20-/m1/s1. The van der Waals surface area contributed by atoms with Crippen molar-refractivity contribution in [3.63, 3.8) is 0 Å². The Balaban J connectivity index is 6.06. The molecule has 0 spiro atoms. The molecule has 2 amide bonds. The molecular formula is C25H47N3O4. The predicted molar refractivity (Wildman–Crippen MR) is 130 cm³/mol. The zero-order valence-corrected chi connectivity index (χ0v) is 22.5. The van der Waals surface area contributed by atoms with Crippen molar-refractivity contribution in [3.8, 4) is 0 Å². The van der Waals surface area contributed by atoms with Crippen LogP contribution >= 0.6 is 0 Å². The lowest BCUT2D eigenvalue weighted by Gasteiger charge is -2.42. The molecule has 0 fully saturated rings. The Hall–Kier alpha value is -1.89. The molecule has 7 heteroatoms. The molecule has 7 nitrogen and oxygen atoms in total. The van der Waals surface area contributed by atoms with Gasteiger partial charge in [-0.15, -0.1) is 0 Å².